The Kier molecular flexibility index (Phi) is 5.86. The smallest absolute Gasteiger partial charge is 0.248 e. The summed E-state index contributed by atoms with van der Waals surface area (Å²) in [5.41, 5.74) is 3.79. The monoisotopic (exact) mass is 347 g/mol. The third kappa shape index (κ3) is 4.60. The van der Waals surface area contributed by atoms with Gasteiger partial charge in [-0.2, -0.15) is 0 Å². The number of nitrogens with one attached hydrogen (secondary N) is 1. The second-order valence-electron chi connectivity index (χ2n) is 5.68. The Morgan fingerprint density at radius 3 is 2.57 bits per heavy atom. The number of rotatable bonds is 4. The van der Waals surface area contributed by atoms with Crippen molar-refractivity contribution in [3.63, 3.8) is 0 Å². The molecule has 2 rings (SSSR count). The number of hydrogen-bond donors (Lipinski definition) is 1. The van der Waals surface area contributed by atoms with Gasteiger partial charge in [-0.1, -0.05) is 61.3 Å². The molecule has 2 aromatic rings. The summed E-state index contributed by atoms with van der Waals surface area (Å²) in [5, 5.41) is 4.05. The van der Waals surface area contributed by atoms with Crippen LogP contribution in [0.2, 0.25) is 10.0 Å². The summed E-state index contributed by atoms with van der Waals surface area (Å²) in [5.74, 6) is 0.145. The van der Waals surface area contributed by atoms with Gasteiger partial charge < -0.3 is 5.32 Å². The van der Waals surface area contributed by atoms with Crippen molar-refractivity contribution in [2.75, 3.05) is 5.32 Å². The van der Waals surface area contributed by atoms with Crippen molar-refractivity contribution in [1.29, 1.82) is 0 Å². The van der Waals surface area contributed by atoms with Gasteiger partial charge in [0.05, 0.1) is 0 Å². The van der Waals surface area contributed by atoms with Gasteiger partial charge >= 0.3 is 0 Å². The molecule has 0 unspecified atom stereocenters. The molecule has 0 heterocycles. The summed E-state index contributed by atoms with van der Waals surface area (Å²) >= 11 is 12.0. The quantitative estimate of drug-likeness (QED) is 0.667. The molecule has 0 saturated heterocycles. The summed E-state index contributed by atoms with van der Waals surface area (Å²) in [6, 6.07) is 11.2. The van der Waals surface area contributed by atoms with Gasteiger partial charge in [-0.15, -0.1) is 0 Å². The fourth-order valence-corrected chi connectivity index (χ4v) is 2.78. The molecule has 4 heteroatoms. The first-order valence-corrected chi connectivity index (χ1v) is 8.17. The van der Waals surface area contributed by atoms with Crippen molar-refractivity contribution in [2.24, 2.45) is 0 Å². The minimum absolute atomic E-state index is 0.188. The third-order valence-electron chi connectivity index (χ3n) is 3.55. The van der Waals surface area contributed by atoms with E-state index in [-0.39, 0.29) is 5.91 Å². The lowest BCUT2D eigenvalue weighted by Gasteiger charge is -2.15. The number of aryl methyl sites for hydroxylation is 1. The molecule has 2 nitrogen and oxygen atoms in total. The summed E-state index contributed by atoms with van der Waals surface area (Å²) in [7, 11) is 0. The lowest BCUT2D eigenvalue weighted by atomic mass is 9.98. The van der Waals surface area contributed by atoms with Crippen LogP contribution in [0.25, 0.3) is 6.08 Å². The molecular weight excluding hydrogens is 329 g/mol. The van der Waals surface area contributed by atoms with Crippen LogP contribution in [0.5, 0.6) is 0 Å². The molecule has 0 radical (unpaired) electrons. The molecular formula is C19H19Cl2NO. The summed E-state index contributed by atoms with van der Waals surface area (Å²) in [6.07, 6.45) is 3.16. The SMILES string of the molecule is Cc1cccc(C(C)C)c1NC(=O)C=Cc1ccc(Cl)cc1Cl. The minimum Gasteiger partial charge on any atom is -0.322 e. The predicted molar refractivity (Wildman–Crippen MR) is 99.4 cm³/mol. The van der Waals surface area contributed by atoms with Crippen LogP contribution in [0.1, 0.15) is 36.5 Å². The van der Waals surface area contributed by atoms with Crippen LogP contribution in [-0.4, -0.2) is 5.91 Å². The van der Waals surface area contributed by atoms with Crippen molar-refractivity contribution in [1.82, 2.24) is 0 Å². The lowest BCUT2D eigenvalue weighted by molar-refractivity contribution is -0.111. The zero-order chi connectivity index (χ0) is 17.0. The van der Waals surface area contributed by atoms with Crippen LogP contribution < -0.4 is 5.32 Å². The maximum atomic E-state index is 12.2. The number of hydrogen-bond acceptors (Lipinski definition) is 1. The van der Waals surface area contributed by atoms with E-state index in [1.54, 1.807) is 24.3 Å². The highest BCUT2D eigenvalue weighted by Crippen LogP contribution is 2.27. The first-order chi connectivity index (χ1) is 10.9. The standard InChI is InChI=1S/C19H19Cl2NO/c1-12(2)16-6-4-5-13(3)19(16)22-18(23)10-8-14-7-9-15(20)11-17(14)21/h4-12H,1-3H3,(H,22,23). The van der Waals surface area contributed by atoms with Crippen molar-refractivity contribution in [3.05, 3.63) is 69.2 Å². The number of amides is 1. The number of carbonyl (C=O) groups excluding carboxylic acids is 1. The Morgan fingerprint density at radius 2 is 1.91 bits per heavy atom. The number of para-hydroxylation sites is 1. The van der Waals surface area contributed by atoms with Crippen molar-refractivity contribution in [2.45, 2.75) is 26.7 Å². The zero-order valence-electron chi connectivity index (χ0n) is 13.4. The average Bonchev–Trinajstić information content (AvgIpc) is 2.48. The molecule has 0 spiro atoms. The Morgan fingerprint density at radius 1 is 1.17 bits per heavy atom. The third-order valence-corrected chi connectivity index (χ3v) is 4.11. The first-order valence-electron chi connectivity index (χ1n) is 7.42. The number of carbonyl (C=O) groups is 1. The van der Waals surface area contributed by atoms with Crippen molar-refractivity contribution >= 4 is 40.9 Å². The van der Waals surface area contributed by atoms with E-state index in [4.69, 9.17) is 23.2 Å². The maximum Gasteiger partial charge on any atom is 0.248 e. The zero-order valence-corrected chi connectivity index (χ0v) is 14.9. The molecule has 0 aliphatic rings. The first kappa shape index (κ1) is 17.6. The molecule has 23 heavy (non-hydrogen) atoms. The van der Waals surface area contributed by atoms with Gasteiger partial charge in [-0.3, -0.25) is 4.79 Å². The van der Waals surface area contributed by atoms with E-state index in [0.29, 0.717) is 16.0 Å². The van der Waals surface area contributed by atoms with Crippen LogP contribution in [0, 0.1) is 6.92 Å². The van der Waals surface area contributed by atoms with Crippen LogP contribution in [0.15, 0.2) is 42.5 Å². The van der Waals surface area contributed by atoms with E-state index in [0.717, 1.165) is 22.4 Å². The van der Waals surface area contributed by atoms with Gasteiger partial charge in [-0.25, -0.2) is 0 Å². The van der Waals surface area contributed by atoms with E-state index < -0.39 is 0 Å². The van der Waals surface area contributed by atoms with Gasteiger partial charge in [0.1, 0.15) is 0 Å². The van der Waals surface area contributed by atoms with E-state index >= 15 is 0 Å². The Hall–Kier alpha value is -1.77. The highest BCUT2D eigenvalue weighted by molar-refractivity contribution is 6.35. The molecule has 0 fully saturated rings. The Labute approximate surface area is 147 Å². The molecule has 0 aliphatic carbocycles. The van der Waals surface area contributed by atoms with Gasteiger partial charge in [0.25, 0.3) is 0 Å². The molecule has 0 bridgehead atoms. The summed E-state index contributed by atoms with van der Waals surface area (Å²) < 4.78 is 0. The van der Waals surface area contributed by atoms with E-state index in [1.165, 1.54) is 6.08 Å². The molecule has 1 N–H and O–H groups in total. The molecule has 0 atom stereocenters. The topological polar surface area (TPSA) is 29.1 Å². The molecule has 120 valence electrons. The molecule has 0 aromatic heterocycles. The molecule has 0 saturated carbocycles. The lowest BCUT2D eigenvalue weighted by Crippen LogP contribution is -2.11. The Balaban J connectivity index is 2.18. The highest BCUT2D eigenvalue weighted by Gasteiger charge is 2.10. The van der Waals surface area contributed by atoms with Crippen LogP contribution in [0.4, 0.5) is 5.69 Å². The maximum absolute atomic E-state index is 12.2. The van der Waals surface area contributed by atoms with Crippen molar-refractivity contribution in [3.8, 4) is 0 Å². The van der Waals surface area contributed by atoms with Gasteiger partial charge in [0.15, 0.2) is 0 Å². The molecule has 1 amide bonds. The second kappa shape index (κ2) is 7.67. The van der Waals surface area contributed by atoms with E-state index in [9.17, 15) is 4.79 Å². The predicted octanol–water partition coefficient (Wildman–Crippen LogP) is 6.08. The molecule has 2 aromatic carbocycles. The van der Waals surface area contributed by atoms with E-state index in [2.05, 4.69) is 19.2 Å². The van der Waals surface area contributed by atoms with Crippen LogP contribution >= 0.6 is 23.2 Å². The summed E-state index contributed by atoms with van der Waals surface area (Å²) in [4.78, 5) is 12.2. The van der Waals surface area contributed by atoms with Gasteiger partial charge in [0.2, 0.25) is 5.91 Å². The van der Waals surface area contributed by atoms with Crippen molar-refractivity contribution < 1.29 is 4.79 Å². The van der Waals surface area contributed by atoms with Gasteiger partial charge in [-0.05, 0) is 47.7 Å². The van der Waals surface area contributed by atoms with Crippen LogP contribution in [0.3, 0.4) is 0 Å². The largest absolute Gasteiger partial charge is 0.322 e. The number of anilines is 1. The summed E-state index contributed by atoms with van der Waals surface area (Å²) in [6.45, 7) is 6.20. The van der Waals surface area contributed by atoms with Gasteiger partial charge in [0, 0.05) is 21.8 Å². The normalized spacial score (nSPS) is 11.2. The second-order valence-corrected chi connectivity index (χ2v) is 6.53. The Bertz CT molecular complexity index is 751. The highest BCUT2D eigenvalue weighted by atomic mass is 35.5. The average molecular weight is 348 g/mol. The van der Waals surface area contributed by atoms with E-state index in [1.807, 2.05) is 25.1 Å². The molecule has 0 aliphatic heterocycles. The number of halogens is 2. The number of benzene rings is 2. The minimum atomic E-state index is -0.188. The van der Waals surface area contributed by atoms with Crippen LogP contribution in [-0.2, 0) is 4.79 Å². The fourth-order valence-electron chi connectivity index (χ4n) is 2.31. The fraction of sp³-hybridized carbons (Fsp3) is 0.211.